The molecule has 0 unspecified atom stereocenters. The molecule has 2 rings (SSSR count). The molecule has 0 amide bonds. The van der Waals surface area contributed by atoms with Gasteiger partial charge in [0, 0.05) is 18.5 Å². The second kappa shape index (κ2) is 5.22. The van der Waals surface area contributed by atoms with Crippen molar-refractivity contribution >= 4 is 5.69 Å². The Hall–Kier alpha value is -2.50. The topological polar surface area (TPSA) is 78.2 Å². The second-order valence-electron chi connectivity index (χ2n) is 3.55. The molecule has 0 aliphatic carbocycles. The highest BCUT2D eigenvalue weighted by molar-refractivity contribution is 5.49. The van der Waals surface area contributed by atoms with Crippen LogP contribution in [0.5, 0.6) is 11.8 Å². The normalized spacial score (nSPS) is 10.1. The van der Waals surface area contributed by atoms with E-state index in [2.05, 4.69) is 9.97 Å². The first-order valence-corrected chi connectivity index (χ1v) is 5.43. The van der Waals surface area contributed by atoms with E-state index in [0.717, 1.165) is 12.0 Å². The minimum absolute atomic E-state index is 0.0817. The van der Waals surface area contributed by atoms with Crippen molar-refractivity contribution in [2.75, 3.05) is 0 Å². The van der Waals surface area contributed by atoms with Crippen LogP contribution in [-0.2, 0) is 6.42 Å². The van der Waals surface area contributed by atoms with E-state index in [1.165, 1.54) is 18.5 Å². The average molecular weight is 245 g/mol. The molecule has 0 fully saturated rings. The number of hydrogen-bond acceptors (Lipinski definition) is 5. The lowest BCUT2D eigenvalue weighted by Crippen LogP contribution is -1.97. The number of aryl methyl sites for hydroxylation is 1. The van der Waals surface area contributed by atoms with E-state index in [-0.39, 0.29) is 17.4 Å². The van der Waals surface area contributed by atoms with Crippen molar-refractivity contribution in [2.24, 2.45) is 0 Å². The zero-order valence-corrected chi connectivity index (χ0v) is 9.74. The van der Waals surface area contributed by atoms with Gasteiger partial charge in [0.25, 0.3) is 0 Å². The summed E-state index contributed by atoms with van der Waals surface area (Å²) >= 11 is 0. The molecule has 18 heavy (non-hydrogen) atoms. The number of nitro benzene ring substituents is 1. The SMILES string of the molecule is CCc1ccc(Oc2ncccn2)c([N+](=O)[O-])c1. The van der Waals surface area contributed by atoms with Crippen LogP contribution in [0.3, 0.4) is 0 Å². The highest BCUT2D eigenvalue weighted by atomic mass is 16.6. The van der Waals surface area contributed by atoms with Gasteiger partial charge in [-0.05, 0) is 24.1 Å². The molecule has 1 heterocycles. The Bertz CT molecular complexity index is 558. The van der Waals surface area contributed by atoms with Gasteiger partial charge in [-0.2, -0.15) is 0 Å². The highest BCUT2D eigenvalue weighted by Crippen LogP contribution is 2.30. The summed E-state index contributed by atoms with van der Waals surface area (Å²) in [4.78, 5) is 18.2. The Morgan fingerprint density at radius 1 is 1.33 bits per heavy atom. The third-order valence-electron chi connectivity index (χ3n) is 2.37. The summed E-state index contributed by atoms with van der Waals surface area (Å²) in [5.41, 5.74) is 0.796. The van der Waals surface area contributed by atoms with Crippen LogP contribution >= 0.6 is 0 Å². The Kier molecular flexibility index (Phi) is 3.47. The Labute approximate surface area is 103 Å². The molecule has 6 heteroatoms. The summed E-state index contributed by atoms with van der Waals surface area (Å²) in [6, 6.07) is 6.57. The van der Waals surface area contributed by atoms with E-state index in [1.54, 1.807) is 18.2 Å². The van der Waals surface area contributed by atoms with Gasteiger partial charge in [-0.15, -0.1) is 0 Å². The Balaban J connectivity index is 2.35. The van der Waals surface area contributed by atoms with Gasteiger partial charge in [-0.3, -0.25) is 10.1 Å². The molecule has 0 saturated carbocycles. The van der Waals surface area contributed by atoms with Gasteiger partial charge in [0.05, 0.1) is 4.92 Å². The number of benzene rings is 1. The number of aromatic nitrogens is 2. The van der Waals surface area contributed by atoms with E-state index in [1.807, 2.05) is 6.92 Å². The van der Waals surface area contributed by atoms with Crippen LogP contribution in [0.15, 0.2) is 36.7 Å². The maximum atomic E-state index is 11.0. The largest absolute Gasteiger partial charge is 0.417 e. The predicted octanol–water partition coefficient (Wildman–Crippen LogP) is 2.74. The fourth-order valence-electron chi connectivity index (χ4n) is 1.45. The van der Waals surface area contributed by atoms with E-state index in [0.29, 0.717) is 0 Å². The summed E-state index contributed by atoms with van der Waals surface area (Å²) in [7, 11) is 0. The van der Waals surface area contributed by atoms with Crippen molar-refractivity contribution in [1.29, 1.82) is 0 Å². The van der Waals surface area contributed by atoms with Crippen molar-refractivity contribution in [3.8, 4) is 11.8 Å². The van der Waals surface area contributed by atoms with E-state index in [4.69, 9.17) is 4.74 Å². The fourth-order valence-corrected chi connectivity index (χ4v) is 1.45. The Morgan fingerprint density at radius 2 is 2.06 bits per heavy atom. The zero-order chi connectivity index (χ0) is 13.0. The summed E-state index contributed by atoms with van der Waals surface area (Å²) in [5.74, 6) is 0.142. The third-order valence-corrected chi connectivity index (χ3v) is 2.37. The van der Waals surface area contributed by atoms with Crippen molar-refractivity contribution < 1.29 is 9.66 Å². The molecule has 92 valence electrons. The lowest BCUT2D eigenvalue weighted by molar-refractivity contribution is -0.385. The molecule has 0 atom stereocenters. The second-order valence-corrected chi connectivity index (χ2v) is 3.55. The van der Waals surface area contributed by atoms with Gasteiger partial charge in [-0.1, -0.05) is 13.0 Å². The number of ether oxygens (including phenoxy) is 1. The average Bonchev–Trinajstić information content (AvgIpc) is 2.40. The minimum atomic E-state index is -0.475. The molecule has 6 nitrogen and oxygen atoms in total. The molecule has 0 N–H and O–H groups in total. The molecule has 0 spiro atoms. The molecule has 0 bridgehead atoms. The molecular formula is C12H11N3O3. The maximum absolute atomic E-state index is 11.0. The molecule has 0 radical (unpaired) electrons. The van der Waals surface area contributed by atoms with Gasteiger partial charge in [0.1, 0.15) is 0 Å². The first-order chi connectivity index (χ1) is 8.70. The van der Waals surface area contributed by atoms with Crippen LogP contribution in [-0.4, -0.2) is 14.9 Å². The van der Waals surface area contributed by atoms with Crippen LogP contribution < -0.4 is 4.74 Å². The van der Waals surface area contributed by atoms with Crippen LogP contribution in [0.4, 0.5) is 5.69 Å². The van der Waals surface area contributed by atoms with Crippen LogP contribution in [0.1, 0.15) is 12.5 Å². The minimum Gasteiger partial charge on any atom is -0.417 e. The van der Waals surface area contributed by atoms with Gasteiger partial charge in [-0.25, -0.2) is 9.97 Å². The molecule has 1 aromatic heterocycles. The lowest BCUT2D eigenvalue weighted by Gasteiger charge is -2.05. The lowest BCUT2D eigenvalue weighted by atomic mass is 10.1. The van der Waals surface area contributed by atoms with Gasteiger partial charge < -0.3 is 4.74 Å². The summed E-state index contributed by atoms with van der Waals surface area (Å²) in [6.07, 6.45) is 3.74. The number of rotatable bonds is 4. The monoisotopic (exact) mass is 245 g/mol. The van der Waals surface area contributed by atoms with Gasteiger partial charge >= 0.3 is 11.7 Å². The predicted molar refractivity (Wildman–Crippen MR) is 64.6 cm³/mol. The molecule has 0 aliphatic heterocycles. The fraction of sp³-hybridized carbons (Fsp3) is 0.167. The van der Waals surface area contributed by atoms with E-state index < -0.39 is 4.92 Å². The standard InChI is InChI=1S/C12H11N3O3/c1-2-9-4-5-11(10(8-9)15(16)17)18-12-13-6-3-7-14-12/h3-8H,2H2,1H3. The van der Waals surface area contributed by atoms with Crippen molar-refractivity contribution in [3.63, 3.8) is 0 Å². The summed E-state index contributed by atoms with van der Waals surface area (Å²) in [6.45, 7) is 1.93. The first-order valence-electron chi connectivity index (χ1n) is 5.43. The number of hydrogen-bond donors (Lipinski definition) is 0. The summed E-state index contributed by atoms with van der Waals surface area (Å²) < 4.78 is 5.31. The van der Waals surface area contributed by atoms with Crippen molar-refractivity contribution in [1.82, 2.24) is 9.97 Å². The molecule has 0 saturated heterocycles. The smallest absolute Gasteiger partial charge is 0.322 e. The molecule has 1 aromatic carbocycles. The molecule has 0 aliphatic rings. The third kappa shape index (κ3) is 2.60. The van der Waals surface area contributed by atoms with E-state index >= 15 is 0 Å². The quantitative estimate of drug-likeness (QED) is 0.611. The molecular weight excluding hydrogens is 234 g/mol. The van der Waals surface area contributed by atoms with Gasteiger partial charge in [0.2, 0.25) is 5.75 Å². The zero-order valence-electron chi connectivity index (χ0n) is 9.74. The van der Waals surface area contributed by atoms with Crippen molar-refractivity contribution in [3.05, 3.63) is 52.3 Å². The van der Waals surface area contributed by atoms with Crippen LogP contribution in [0, 0.1) is 10.1 Å². The number of nitrogens with zero attached hydrogens (tertiary/aromatic N) is 3. The van der Waals surface area contributed by atoms with Gasteiger partial charge in [0.15, 0.2) is 0 Å². The summed E-state index contributed by atoms with van der Waals surface area (Å²) in [5, 5.41) is 11.0. The maximum Gasteiger partial charge on any atom is 0.322 e. The highest BCUT2D eigenvalue weighted by Gasteiger charge is 2.17. The first kappa shape index (κ1) is 12.0. The molecule has 2 aromatic rings. The van der Waals surface area contributed by atoms with Crippen LogP contribution in [0.25, 0.3) is 0 Å². The number of nitro groups is 1. The van der Waals surface area contributed by atoms with Crippen molar-refractivity contribution in [2.45, 2.75) is 13.3 Å². The van der Waals surface area contributed by atoms with Crippen LogP contribution in [0.2, 0.25) is 0 Å². The van der Waals surface area contributed by atoms with E-state index in [9.17, 15) is 10.1 Å². The Morgan fingerprint density at radius 3 is 2.67 bits per heavy atom.